The van der Waals surface area contributed by atoms with Gasteiger partial charge in [0, 0.05) is 26.2 Å². The minimum atomic E-state index is 0. The summed E-state index contributed by atoms with van der Waals surface area (Å²) in [5.74, 6) is 0. The normalized spacial score (nSPS) is 1.00. The largest absolute Gasteiger partial charge is 0 e. The Morgan fingerprint density at radius 1 is 1.17 bits per heavy atom. The van der Waals surface area contributed by atoms with Gasteiger partial charge in [-0.2, -0.15) is 0 Å². The molecule has 0 aliphatic carbocycles. The molecule has 0 aromatic heterocycles. The molecule has 0 atom stereocenters. The third kappa shape index (κ3) is 24.6. The Hall–Kier alpha value is 3.94. The molecule has 0 radical (unpaired) electrons. The molecule has 6 heavy (non-hydrogen) atoms. The molecule has 0 aliphatic rings. The summed E-state index contributed by atoms with van der Waals surface area (Å²) in [5.41, 5.74) is 0. The fourth-order valence-corrected chi connectivity index (χ4v) is 0. The molecule has 28 valence electrons. The van der Waals surface area contributed by atoms with Crippen molar-refractivity contribution in [3.8, 4) is 0 Å². The van der Waals surface area contributed by atoms with Crippen molar-refractivity contribution in [1.29, 1.82) is 0 Å². The molecule has 1 nitrogen and oxygen atoms in total. The zero-order valence-electron chi connectivity index (χ0n) is 4.32. The second-order valence-corrected chi connectivity index (χ2v) is 0. The van der Waals surface area contributed by atoms with Crippen LogP contribution in [0.1, 0.15) is 2.85 Å². The first-order valence-corrected chi connectivity index (χ1v) is 1.50. The minimum absolute atomic E-state index is 0. The smallest absolute Gasteiger partial charge is 0 e. The van der Waals surface area contributed by atoms with Gasteiger partial charge in [-0.3, -0.25) is 0 Å². The first-order chi connectivity index (χ1) is 1.00. The van der Waals surface area contributed by atoms with Gasteiger partial charge in [0.15, 0.2) is 34.7 Å². The van der Waals surface area contributed by atoms with Crippen molar-refractivity contribution in [1.82, 2.24) is 0 Å². The minimum Gasteiger partial charge on any atom is 0 e. The van der Waals surface area contributed by atoms with E-state index in [0.717, 1.165) is 0 Å². The van der Waals surface area contributed by atoms with Gasteiger partial charge in [-0.15, -0.1) is 0 Å². The molecule has 6 heteroatoms. The van der Waals surface area contributed by atoms with Crippen LogP contribution in [-0.2, 0) is 48.0 Å². The van der Waals surface area contributed by atoms with Crippen LogP contribution in [0.15, 0.2) is 0 Å². The summed E-state index contributed by atoms with van der Waals surface area (Å²) in [6.07, 6.45) is 0. The second-order valence-electron chi connectivity index (χ2n) is 0. The van der Waals surface area contributed by atoms with Crippen LogP contribution in [0, 0.1) is 0 Å². The van der Waals surface area contributed by atoms with Gasteiger partial charge in [0.2, 0.25) is 0 Å². The quantitative estimate of drug-likeness (QED) is 0.425. The molecule has 0 aromatic carbocycles. The molecule has 0 spiro atoms. The van der Waals surface area contributed by atoms with E-state index in [9.17, 15) is 0 Å². The Morgan fingerprint density at radius 3 is 1.17 bits per heavy atom. The van der Waals surface area contributed by atoms with E-state index in [2.05, 4.69) is 0 Å². The molecule has 0 saturated carbocycles. The van der Waals surface area contributed by atoms with E-state index in [-0.39, 0.29) is 131 Å². The van der Waals surface area contributed by atoms with Crippen LogP contribution in [0.4, 0.5) is 0 Å². The molecule has 0 rings (SSSR count). The summed E-state index contributed by atoms with van der Waals surface area (Å²) in [6.45, 7) is 0. The number of hydrogen-bond donors (Lipinski definition) is 0. The third-order valence-electron chi connectivity index (χ3n) is 0. The standard InChI is InChI=1S/2Al.Ba.O.Zn.Zr.8H/q;;+2;;;;;;;;;;2*-1. The summed E-state index contributed by atoms with van der Waals surface area (Å²) in [5, 5.41) is 0. The maximum Gasteiger partial charge on any atom is 0 e. The third-order valence-corrected chi connectivity index (χ3v) is 0. The van der Waals surface area contributed by atoms with Crippen LogP contribution < -0.4 is 0 Å². The van der Waals surface area contributed by atoms with Gasteiger partial charge in [-0.05, 0) is 0 Å². The van der Waals surface area contributed by atoms with Crippen molar-refractivity contribution in [3.05, 3.63) is 0 Å². The molecule has 0 aliphatic heterocycles. The van der Waals surface area contributed by atoms with Crippen molar-refractivity contribution >= 4 is 83.6 Å². The summed E-state index contributed by atoms with van der Waals surface area (Å²) in [6, 6.07) is 0. The number of rotatable bonds is 0. The molecule has 0 fully saturated rings. The molecular weight excluding hydrogens is 364 g/mol. The monoisotopic (exact) mass is 370 g/mol. The van der Waals surface area contributed by atoms with Crippen LogP contribution in [0.2, 0.25) is 0 Å². The fraction of sp³-hybridized carbons (Fsp3) is 0. The van der Waals surface area contributed by atoms with E-state index in [1.807, 2.05) is 0 Å². The van der Waals surface area contributed by atoms with Crippen LogP contribution >= 0.6 is 0 Å². The maximum absolute atomic E-state index is 8.38. The molecule has 0 bridgehead atoms. The van der Waals surface area contributed by atoms with Gasteiger partial charge in [0.25, 0.3) is 0 Å². The van der Waals surface area contributed by atoms with E-state index < -0.39 is 0 Å². The van der Waals surface area contributed by atoms with Crippen molar-refractivity contribution < 1.29 is 50.9 Å². The first-order valence-electron chi connectivity index (χ1n) is 0.289. The summed E-state index contributed by atoms with van der Waals surface area (Å²) >= 11 is 0.125. The molecule has 0 unspecified atom stereocenters. The van der Waals surface area contributed by atoms with Crippen molar-refractivity contribution in [3.63, 3.8) is 0 Å². The van der Waals surface area contributed by atoms with E-state index in [1.54, 1.807) is 0 Å². The van der Waals surface area contributed by atoms with Gasteiger partial charge < -0.3 is 2.85 Å². The van der Waals surface area contributed by atoms with E-state index >= 15 is 0 Å². The first kappa shape index (κ1) is 32.5. The molecule has 0 saturated heterocycles. The Bertz CT molecular complexity index is 20.0. The van der Waals surface area contributed by atoms with Crippen LogP contribution in [0.3, 0.4) is 0 Å². The predicted octanol–water partition coefficient (Wildman–Crippen LogP) is -2.65. The average molecular weight is 372 g/mol. The van der Waals surface area contributed by atoms with E-state index in [4.69, 9.17) is 3.57 Å². The van der Waals surface area contributed by atoms with Crippen molar-refractivity contribution in [2.24, 2.45) is 0 Å². The van der Waals surface area contributed by atoms with Gasteiger partial charge in [0.05, 0.1) is 0 Å². The molecule has 0 heterocycles. The molecule has 0 aromatic rings. The predicted molar refractivity (Wildman–Crippen MR) is 28.5 cm³/mol. The van der Waals surface area contributed by atoms with Gasteiger partial charge in [0.1, 0.15) is 0 Å². The Kier molecular flexibility index (Phi) is 197. The second kappa shape index (κ2) is 36.3. The van der Waals surface area contributed by atoms with Crippen molar-refractivity contribution in [2.45, 2.75) is 0 Å². The van der Waals surface area contributed by atoms with Crippen LogP contribution in [0.5, 0.6) is 0 Å². The van der Waals surface area contributed by atoms with Crippen LogP contribution in [-0.4, -0.2) is 83.6 Å². The average Bonchev–Trinajstić information content (AvgIpc) is 1.00. The van der Waals surface area contributed by atoms with Crippen molar-refractivity contribution in [2.75, 3.05) is 0 Å². The fourth-order valence-electron chi connectivity index (χ4n) is 0. The van der Waals surface area contributed by atoms with Gasteiger partial charge in [-0.1, -0.05) is 0 Å². The number of hydrogen-bond acceptors (Lipinski definition) is 1. The van der Waals surface area contributed by atoms with E-state index in [1.165, 1.54) is 0 Å². The van der Waals surface area contributed by atoms with Gasteiger partial charge >= 0.3 is 70.7 Å². The molecule has 0 N–H and O–H groups in total. The van der Waals surface area contributed by atoms with E-state index in [0.29, 0.717) is 0 Å². The summed E-state index contributed by atoms with van der Waals surface area (Å²) < 4.78 is 8.38. The molecule has 0 amide bonds. The molecular formula is H8Al2BaOZnZr. The van der Waals surface area contributed by atoms with Gasteiger partial charge in [-0.25, -0.2) is 0 Å². The Labute approximate surface area is 131 Å². The Balaban J connectivity index is -0.000000000333. The maximum atomic E-state index is 8.38. The zero-order valence-corrected chi connectivity index (χ0v) is 12.2. The summed E-state index contributed by atoms with van der Waals surface area (Å²) in [7, 11) is 0. The van der Waals surface area contributed by atoms with Crippen LogP contribution in [0.25, 0.3) is 0 Å². The summed E-state index contributed by atoms with van der Waals surface area (Å²) in [4.78, 5) is 0. The topological polar surface area (TPSA) is 17.1 Å². The zero-order chi connectivity index (χ0) is 2.00. The SMILES string of the molecule is [AlH3].[AlH3].[Ba+2].[H-].[H-].[O]=[Zn].[Zr]. The Morgan fingerprint density at radius 2 is 1.17 bits per heavy atom.